The highest BCUT2D eigenvalue weighted by molar-refractivity contribution is 7.19. The van der Waals surface area contributed by atoms with Crippen LogP contribution in [0.4, 0.5) is 5.82 Å². The second-order valence-electron chi connectivity index (χ2n) is 5.24. The van der Waals surface area contributed by atoms with Crippen LogP contribution < -0.4 is 11.3 Å². The summed E-state index contributed by atoms with van der Waals surface area (Å²) in [5.41, 5.74) is 5.84. The van der Waals surface area contributed by atoms with Crippen LogP contribution in [0.15, 0.2) is 18.2 Å². The minimum absolute atomic E-state index is 0.624. The summed E-state index contributed by atoms with van der Waals surface area (Å²) in [7, 11) is 0. The zero-order valence-corrected chi connectivity index (χ0v) is 12.5. The molecule has 21 heavy (non-hydrogen) atoms. The van der Waals surface area contributed by atoms with Crippen LogP contribution in [0.5, 0.6) is 0 Å². The van der Waals surface area contributed by atoms with Gasteiger partial charge >= 0.3 is 0 Å². The third-order valence-corrected chi connectivity index (χ3v) is 5.00. The second kappa shape index (κ2) is 4.75. The number of thiophene rings is 1. The molecule has 1 aliphatic rings. The number of nitrogens with zero attached hydrogens (tertiary/aromatic N) is 3. The van der Waals surface area contributed by atoms with Crippen molar-refractivity contribution in [2.45, 2.75) is 26.2 Å². The highest BCUT2D eigenvalue weighted by Gasteiger charge is 2.22. The fourth-order valence-electron chi connectivity index (χ4n) is 2.88. The fraction of sp³-hybridized carbons (Fsp3) is 0.267. The SMILES string of the molecule is Cc1cccc(-c2nc(NN)c3c4c(sc3n2)CCC4)n1. The number of hydrogen-bond donors (Lipinski definition) is 2. The number of rotatable bonds is 2. The van der Waals surface area contributed by atoms with E-state index in [1.807, 2.05) is 25.1 Å². The highest BCUT2D eigenvalue weighted by atomic mass is 32.1. The van der Waals surface area contributed by atoms with Gasteiger partial charge in [0.25, 0.3) is 0 Å². The van der Waals surface area contributed by atoms with Crippen LogP contribution in [0.2, 0.25) is 0 Å². The molecule has 0 spiro atoms. The lowest BCUT2D eigenvalue weighted by atomic mass is 10.2. The average molecular weight is 297 g/mol. The quantitative estimate of drug-likeness (QED) is 0.562. The van der Waals surface area contributed by atoms with Crippen LogP contribution in [-0.2, 0) is 12.8 Å². The Labute approximate surface area is 126 Å². The number of pyridine rings is 1. The van der Waals surface area contributed by atoms with Crippen molar-refractivity contribution in [1.82, 2.24) is 15.0 Å². The van der Waals surface area contributed by atoms with Crippen LogP contribution in [-0.4, -0.2) is 15.0 Å². The zero-order valence-electron chi connectivity index (χ0n) is 11.7. The van der Waals surface area contributed by atoms with Gasteiger partial charge in [-0.05, 0) is 43.9 Å². The molecular formula is C15H15N5S. The lowest BCUT2D eigenvalue weighted by molar-refractivity contribution is 0.917. The maximum atomic E-state index is 5.69. The molecule has 6 heteroatoms. The van der Waals surface area contributed by atoms with Gasteiger partial charge in [-0.25, -0.2) is 20.8 Å². The molecule has 0 unspecified atom stereocenters. The third-order valence-electron chi connectivity index (χ3n) is 3.82. The van der Waals surface area contributed by atoms with Crippen molar-refractivity contribution < 1.29 is 0 Å². The minimum atomic E-state index is 0.624. The molecule has 0 fully saturated rings. The first-order chi connectivity index (χ1) is 10.3. The summed E-state index contributed by atoms with van der Waals surface area (Å²) in [5, 5.41) is 1.09. The predicted octanol–water partition coefficient (Wildman–Crippen LogP) is 2.84. The van der Waals surface area contributed by atoms with Crippen LogP contribution >= 0.6 is 11.3 Å². The molecule has 3 aromatic rings. The zero-order chi connectivity index (χ0) is 14.4. The first kappa shape index (κ1) is 12.7. The Balaban J connectivity index is 1.96. The van der Waals surface area contributed by atoms with E-state index in [4.69, 9.17) is 10.8 Å². The summed E-state index contributed by atoms with van der Waals surface area (Å²) in [6.45, 7) is 1.96. The topological polar surface area (TPSA) is 76.7 Å². The molecule has 3 heterocycles. The standard InChI is InChI=1S/C15H15N5S/c1-8-4-2-6-10(17-8)13-18-14(20-16)12-9-5-3-7-11(9)21-15(12)19-13/h2,4,6H,3,5,7,16H2,1H3,(H,18,19,20). The molecule has 106 valence electrons. The fourth-order valence-corrected chi connectivity index (χ4v) is 4.14. The van der Waals surface area contributed by atoms with Gasteiger partial charge in [0.05, 0.1) is 5.39 Å². The van der Waals surface area contributed by atoms with Gasteiger partial charge in [-0.1, -0.05) is 6.07 Å². The van der Waals surface area contributed by atoms with Crippen LogP contribution in [0.25, 0.3) is 21.7 Å². The average Bonchev–Trinajstić information content (AvgIpc) is 3.06. The lowest BCUT2D eigenvalue weighted by Crippen LogP contribution is -2.10. The Morgan fingerprint density at radius 2 is 2.10 bits per heavy atom. The number of hydrazine groups is 1. The molecular weight excluding hydrogens is 282 g/mol. The number of hydrogen-bond acceptors (Lipinski definition) is 6. The van der Waals surface area contributed by atoms with Crippen molar-refractivity contribution in [3.8, 4) is 11.5 Å². The van der Waals surface area contributed by atoms with Crippen LogP contribution in [0.3, 0.4) is 0 Å². The summed E-state index contributed by atoms with van der Waals surface area (Å²) < 4.78 is 0. The number of aryl methyl sites for hydroxylation is 3. The van der Waals surface area contributed by atoms with E-state index in [0.29, 0.717) is 11.6 Å². The molecule has 0 atom stereocenters. The van der Waals surface area contributed by atoms with Crippen LogP contribution in [0.1, 0.15) is 22.6 Å². The molecule has 5 nitrogen and oxygen atoms in total. The summed E-state index contributed by atoms with van der Waals surface area (Å²) >= 11 is 1.75. The Hall–Kier alpha value is -2.05. The number of nitrogen functional groups attached to an aromatic ring is 1. The molecule has 4 rings (SSSR count). The minimum Gasteiger partial charge on any atom is -0.308 e. The molecule has 0 bridgehead atoms. The van der Waals surface area contributed by atoms with Gasteiger partial charge in [0, 0.05) is 10.6 Å². The maximum Gasteiger partial charge on any atom is 0.181 e. The molecule has 3 aromatic heterocycles. The van der Waals surface area contributed by atoms with Gasteiger partial charge in [-0.2, -0.15) is 0 Å². The Kier molecular flexibility index (Phi) is 2.87. The van der Waals surface area contributed by atoms with Gasteiger partial charge in [0.15, 0.2) is 11.6 Å². The third kappa shape index (κ3) is 1.99. The lowest BCUT2D eigenvalue weighted by Gasteiger charge is -2.06. The number of anilines is 1. The van der Waals surface area contributed by atoms with E-state index in [1.54, 1.807) is 11.3 Å². The maximum absolute atomic E-state index is 5.69. The molecule has 0 aliphatic heterocycles. The van der Waals surface area contributed by atoms with Crippen molar-refractivity contribution in [2.75, 3.05) is 5.43 Å². The molecule has 0 saturated carbocycles. The summed E-state index contributed by atoms with van der Waals surface area (Å²) in [6.07, 6.45) is 3.44. The van der Waals surface area contributed by atoms with E-state index in [-0.39, 0.29) is 0 Å². The second-order valence-corrected chi connectivity index (χ2v) is 6.33. The van der Waals surface area contributed by atoms with E-state index in [2.05, 4.69) is 15.4 Å². The van der Waals surface area contributed by atoms with E-state index in [0.717, 1.165) is 34.4 Å². The van der Waals surface area contributed by atoms with E-state index in [9.17, 15) is 0 Å². The summed E-state index contributed by atoms with van der Waals surface area (Å²) in [4.78, 5) is 16.2. The predicted molar refractivity (Wildman–Crippen MR) is 85.2 cm³/mol. The molecule has 0 radical (unpaired) electrons. The van der Waals surface area contributed by atoms with Crippen molar-refractivity contribution in [3.05, 3.63) is 34.3 Å². The normalized spacial score (nSPS) is 13.6. The Morgan fingerprint density at radius 3 is 2.90 bits per heavy atom. The molecule has 0 amide bonds. The smallest absolute Gasteiger partial charge is 0.181 e. The number of nitrogens with one attached hydrogen (secondary N) is 1. The highest BCUT2D eigenvalue weighted by Crippen LogP contribution is 2.39. The number of fused-ring (bicyclic) bond motifs is 3. The monoisotopic (exact) mass is 297 g/mol. The molecule has 3 N–H and O–H groups in total. The Morgan fingerprint density at radius 1 is 1.19 bits per heavy atom. The van der Waals surface area contributed by atoms with Gasteiger partial charge < -0.3 is 5.43 Å². The van der Waals surface area contributed by atoms with Crippen LogP contribution in [0, 0.1) is 6.92 Å². The van der Waals surface area contributed by atoms with Crippen molar-refractivity contribution in [3.63, 3.8) is 0 Å². The molecule has 0 aromatic carbocycles. The van der Waals surface area contributed by atoms with Gasteiger partial charge in [-0.3, -0.25) is 0 Å². The van der Waals surface area contributed by atoms with Crippen molar-refractivity contribution in [2.24, 2.45) is 5.84 Å². The van der Waals surface area contributed by atoms with E-state index < -0.39 is 0 Å². The van der Waals surface area contributed by atoms with Gasteiger partial charge in [0.1, 0.15) is 10.5 Å². The van der Waals surface area contributed by atoms with Gasteiger partial charge in [0.2, 0.25) is 0 Å². The summed E-state index contributed by atoms with van der Waals surface area (Å²) in [6, 6.07) is 5.86. The summed E-state index contributed by atoms with van der Waals surface area (Å²) in [5.74, 6) is 7.02. The number of aromatic nitrogens is 3. The van der Waals surface area contributed by atoms with E-state index in [1.165, 1.54) is 16.9 Å². The number of nitrogens with two attached hydrogens (primary N) is 1. The first-order valence-corrected chi connectivity index (χ1v) is 7.81. The van der Waals surface area contributed by atoms with E-state index >= 15 is 0 Å². The van der Waals surface area contributed by atoms with Crippen molar-refractivity contribution >= 4 is 27.4 Å². The first-order valence-electron chi connectivity index (χ1n) is 6.99. The molecule has 1 aliphatic carbocycles. The Bertz CT molecular complexity index is 839. The molecule has 0 saturated heterocycles. The van der Waals surface area contributed by atoms with Gasteiger partial charge in [-0.15, -0.1) is 11.3 Å². The largest absolute Gasteiger partial charge is 0.308 e. The van der Waals surface area contributed by atoms with Crippen molar-refractivity contribution in [1.29, 1.82) is 0 Å².